The van der Waals surface area contributed by atoms with Gasteiger partial charge in [-0.15, -0.1) is 0 Å². The van der Waals surface area contributed by atoms with E-state index in [2.05, 4.69) is 35.2 Å². The summed E-state index contributed by atoms with van der Waals surface area (Å²) in [4.78, 5) is 19.7. The van der Waals surface area contributed by atoms with Crippen LogP contribution in [0.2, 0.25) is 0 Å². The van der Waals surface area contributed by atoms with Crippen LogP contribution in [0.5, 0.6) is 0 Å². The van der Waals surface area contributed by atoms with Crippen LogP contribution in [0.15, 0.2) is 73.1 Å². The Kier molecular flexibility index (Phi) is 4.35. The Labute approximate surface area is 169 Å². The van der Waals surface area contributed by atoms with Gasteiger partial charge in [0.2, 0.25) is 0 Å². The number of fused-ring (bicyclic) bond motifs is 2. The van der Waals surface area contributed by atoms with Gasteiger partial charge in [-0.2, -0.15) is 5.10 Å². The highest BCUT2D eigenvalue weighted by Crippen LogP contribution is 2.35. The number of anilines is 1. The predicted molar refractivity (Wildman–Crippen MR) is 114 cm³/mol. The molecule has 5 rings (SSSR count). The van der Waals surface area contributed by atoms with Crippen LogP contribution < -0.4 is 4.90 Å². The fourth-order valence-corrected chi connectivity index (χ4v) is 4.08. The van der Waals surface area contributed by atoms with E-state index >= 15 is 0 Å². The SMILES string of the molecule is CC1CCN(C(=O)c2cnc3c(cnn3Cc3ccccc3)c2)c2ccccc21. The van der Waals surface area contributed by atoms with Crippen LogP contribution in [0.4, 0.5) is 5.69 Å². The summed E-state index contributed by atoms with van der Waals surface area (Å²) >= 11 is 0. The number of hydrogen-bond donors (Lipinski definition) is 0. The Hall–Kier alpha value is -3.47. The summed E-state index contributed by atoms with van der Waals surface area (Å²) in [6.07, 6.45) is 4.43. The molecule has 1 atom stereocenters. The number of carbonyl (C=O) groups is 1. The lowest BCUT2D eigenvalue weighted by atomic mass is 9.91. The van der Waals surface area contributed by atoms with Gasteiger partial charge in [0.25, 0.3) is 5.91 Å². The van der Waals surface area contributed by atoms with Gasteiger partial charge in [0.15, 0.2) is 5.65 Å². The van der Waals surface area contributed by atoms with Crippen molar-refractivity contribution < 1.29 is 4.79 Å². The minimum atomic E-state index is -0.00504. The van der Waals surface area contributed by atoms with Crippen LogP contribution in [0.25, 0.3) is 11.0 Å². The fraction of sp³-hybridized carbons (Fsp3) is 0.208. The van der Waals surface area contributed by atoms with Gasteiger partial charge in [-0.05, 0) is 35.6 Å². The Morgan fingerprint density at radius 2 is 1.86 bits per heavy atom. The second kappa shape index (κ2) is 7.17. The smallest absolute Gasteiger partial charge is 0.259 e. The average molecular weight is 382 g/mol. The predicted octanol–water partition coefficient (Wildman–Crippen LogP) is 4.63. The number of rotatable bonds is 3. The summed E-state index contributed by atoms with van der Waals surface area (Å²) in [5.41, 5.74) is 4.80. The molecule has 0 saturated carbocycles. The summed E-state index contributed by atoms with van der Waals surface area (Å²) in [5, 5.41) is 5.36. The van der Waals surface area contributed by atoms with Crippen molar-refractivity contribution in [1.82, 2.24) is 14.8 Å². The van der Waals surface area contributed by atoms with Crippen molar-refractivity contribution in [2.45, 2.75) is 25.8 Å². The minimum Gasteiger partial charge on any atom is -0.308 e. The Bertz CT molecular complexity index is 1180. The van der Waals surface area contributed by atoms with E-state index in [4.69, 9.17) is 0 Å². The van der Waals surface area contributed by atoms with Crippen molar-refractivity contribution in [3.8, 4) is 0 Å². The molecule has 144 valence electrons. The van der Waals surface area contributed by atoms with E-state index in [1.54, 1.807) is 12.4 Å². The lowest BCUT2D eigenvalue weighted by molar-refractivity contribution is 0.0984. The first kappa shape index (κ1) is 17.6. The van der Waals surface area contributed by atoms with Crippen molar-refractivity contribution in [3.63, 3.8) is 0 Å². The van der Waals surface area contributed by atoms with E-state index in [-0.39, 0.29) is 5.91 Å². The van der Waals surface area contributed by atoms with Gasteiger partial charge in [0, 0.05) is 23.8 Å². The van der Waals surface area contributed by atoms with Crippen molar-refractivity contribution in [3.05, 3.63) is 89.7 Å². The first-order valence-corrected chi connectivity index (χ1v) is 9.97. The van der Waals surface area contributed by atoms with Crippen molar-refractivity contribution >= 4 is 22.6 Å². The number of pyridine rings is 1. The van der Waals surface area contributed by atoms with Crippen molar-refractivity contribution in [2.24, 2.45) is 0 Å². The highest BCUT2D eigenvalue weighted by molar-refractivity contribution is 6.08. The maximum Gasteiger partial charge on any atom is 0.259 e. The lowest BCUT2D eigenvalue weighted by Crippen LogP contribution is -2.36. The van der Waals surface area contributed by atoms with E-state index in [9.17, 15) is 4.79 Å². The molecule has 1 aliphatic heterocycles. The maximum atomic E-state index is 13.3. The maximum absolute atomic E-state index is 13.3. The van der Waals surface area contributed by atoms with Gasteiger partial charge < -0.3 is 4.90 Å². The third kappa shape index (κ3) is 3.18. The molecular weight excluding hydrogens is 360 g/mol. The summed E-state index contributed by atoms with van der Waals surface area (Å²) in [6, 6.07) is 20.3. The molecule has 2 aromatic heterocycles. The fourth-order valence-electron chi connectivity index (χ4n) is 4.08. The van der Waals surface area contributed by atoms with Gasteiger partial charge in [0.1, 0.15) is 0 Å². The van der Waals surface area contributed by atoms with Gasteiger partial charge in [-0.3, -0.25) is 4.79 Å². The molecular formula is C24H22N4O. The molecule has 0 N–H and O–H groups in total. The highest BCUT2D eigenvalue weighted by atomic mass is 16.2. The molecule has 0 radical (unpaired) electrons. The van der Waals surface area contributed by atoms with Crippen molar-refractivity contribution in [2.75, 3.05) is 11.4 Å². The lowest BCUT2D eigenvalue weighted by Gasteiger charge is -2.32. The molecule has 1 unspecified atom stereocenters. The Balaban J connectivity index is 1.46. The molecule has 5 nitrogen and oxygen atoms in total. The van der Waals surface area contributed by atoms with E-state index in [0.29, 0.717) is 18.0 Å². The molecule has 3 heterocycles. The van der Waals surface area contributed by atoms with Gasteiger partial charge in [0.05, 0.1) is 18.3 Å². The van der Waals surface area contributed by atoms with Crippen LogP contribution in [-0.4, -0.2) is 27.2 Å². The zero-order chi connectivity index (χ0) is 19.8. The summed E-state index contributed by atoms with van der Waals surface area (Å²) in [6.45, 7) is 3.60. The molecule has 29 heavy (non-hydrogen) atoms. The number of amides is 1. The van der Waals surface area contributed by atoms with E-state index in [1.807, 2.05) is 52.0 Å². The summed E-state index contributed by atoms with van der Waals surface area (Å²) in [5.74, 6) is 0.460. The first-order chi connectivity index (χ1) is 14.2. The van der Waals surface area contributed by atoms with Crippen LogP contribution >= 0.6 is 0 Å². The highest BCUT2D eigenvalue weighted by Gasteiger charge is 2.27. The summed E-state index contributed by atoms with van der Waals surface area (Å²) < 4.78 is 1.87. The quantitative estimate of drug-likeness (QED) is 0.519. The van der Waals surface area contributed by atoms with Crippen LogP contribution in [0.3, 0.4) is 0 Å². The molecule has 0 saturated heterocycles. The molecule has 0 bridgehead atoms. The largest absolute Gasteiger partial charge is 0.308 e. The van der Waals surface area contributed by atoms with E-state index in [0.717, 1.165) is 29.7 Å². The van der Waals surface area contributed by atoms with E-state index in [1.165, 1.54) is 11.1 Å². The Morgan fingerprint density at radius 1 is 1.07 bits per heavy atom. The number of hydrogen-bond acceptors (Lipinski definition) is 3. The molecule has 2 aromatic carbocycles. The third-order valence-corrected chi connectivity index (χ3v) is 5.69. The standard InChI is InChI=1S/C24H22N4O/c1-17-11-12-27(22-10-6-5-9-21(17)22)24(29)20-13-19-15-26-28(23(19)25-14-20)16-18-7-3-2-4-8-18/h2-10,13-15,17H,11-12,16H2,1H3. The molecule has 0 spiro atoms. The first-order valence-electron chi connectivity index (χ1n) is 9.97. The number of para-hydroxylation sites is 1. The van der Waals surface area contributed by atoms with Crippen LogP contribution in [-0.2, 0) is 6.54 Å². The second-order valence-corrected chi connectivity index (χ2v) is 7.63. The number of aromatic nitrogens is 3. The zero-order valence-electron chi connectivity index (χ0n) is 16.3. The Morgan fingerprint density at radius 3 is 2.72 bits per heavy atom. The molecule has 5 heteroatoms. The molecule has 0 aliphatic carbocycles. The van der Waals surface area contributed by atoms with Gasteiger partial charge >= 0.3 is 0 Å². The number of carbonyl (C=O) groups excluding carboxylic acids is 1. The van der Waals surface area contributed by atoms with Crippen molar-refractivity contribution in [1.29, 1.82) is 0 Å². The number of nitrogens with zero attached hydrogens (tertiary/aromatic N) is 4. The molecule has 1 aliphatic rings. The van der Waals surface area contributed by atoms with Gasteiger partial charge in [-0.1, -0.05) is 55.5 Å². The molecule has 1 amide bonds. The van der Waals surface area contributed by atoms with Crippen LogP contribution in [0, 0.1) is 0 Å². The summed E-state index contributed by atoms with van der Waals surface area (Å²) in [7, 11) is 0. The topological polar surface area (TPSA) is 51.0 Å². The second-order valence-electron chi connectivity index (χ2n) is 7.63. The monoisotopic (exact) mass is 382 g/mol. The zero-order valence-corrected chi connectivity index (χ0v) is 16.3. The molecule has 4 aromatic rings. The third-order valence-electron chi connectivity index (χ3n) is 5.69. The van der Waals surface area contributed by atoms with Crippen LogP contribution in [0.1, 0.15) is 40.7 Å². The minimum absolute atomic E-state index is 0.00504. The normalized spacial score (nSPS) is 16.0. The molecule has 0 fully saturated rings. The average Bonchev–Trinajstić information content (AvgIpc) is 3.16. The van der Waals surface area contributed by atoms with Gasteiger partial charge in [-0.25, -0.2) is 9.67 Å². The number of benzene rings is 2. The van der Waals surface area contributed by atoms with E-state index < -0.39 is 0 Å².